The van der Waals surface area contributed by atoms with Gasteiger partial charge in [0.05, 0.1) is 12.2 Å². The van der Waals surface area contributed by atoms with Crippen molar-refractivity contribution >= 4 is 17.5 Å². The number of para-hydroxylation sites is 1. The van der Waals surface area contributed by atoms with Crippen LogP contribution in [0.2, 0.25) is 0 Å². The van der Waals surface area contributed by atoms with Crippen LogP contribution in [0.5, 0.6) is 0 Å². The number of amides is 2. The van der Waals surface area contributed by atoms with Crippen molar-refractivity contribution < 1.29 is 9.59 Å². The number of benzene rings is 2. The van der Waals surface area contributed by atoms with Crippen molar-refractivity contribution in [2.24, 2.45) is 0 Å². The van der Waals surface area contributed by atoms with Gasteiger partial charge in [-0.25, -0.2) is 4.68 Å². The highest BCUT2D eigenvalue weighted by atomic mass is 16.2. The molecule has 0 unspecified atom stereocenters. The number of hydrogen-bond acceptors (Lipinski definition) is 3. The van der Waals surface area contributed by atoms with Crippen molar-refractivity contribution in [1.29, 1.82) is 0 Å². The maximum absolute atomic E-state index is 12.8. The normalized spacial score (nSPS) is 12.5. The summed E-state index contributed by atoms with van der Waals surface area (Å²) in [6, 6.07) is 15.6. The van der Waals surface area contributed by atoms with E-state index in [1.165, 1.54) is 0 Å². The molecule has 0 atom stereocenters. The Bertz CT molecular complexity index is 1070. The zero-order valence-electron chi connectivity index (χ0n) is 16.7. The highest BCUT2D eigenvalue weighted by molar-refractivity contribution is 5.99. The Morgan fingerprint density at radius 1 is 1.03 bits per heavy atom. The predicted octanol–water partition coefficient (Wildman–Crippen LogP) is 3.35. The molecule has 0 saturated carbocycles. The first-order valence-electron chi connectivity index (χ1n) is 9.85. The van der Waals surface area contributed by atoms with E-state index in [0.29, 0.717) is 5.69 Å². The third-order valence-electron chi connectivity index (χ3n) is 5.43. The molecule has 2 aromatic carbocycles. The van der Waals surface area contributed by atoms with E-state index in [1.54, 1.807) is 0 Å². The van der Waals surface area contributed by atoms with E-state index in [0.717, 1.165) is 53.0 Å². The molecule has 29 heavy (non-hydrogen) atoms. The quantitative estimate of drug-likeness (QED) is 0.704. The summed E-state index contributed by atoms with van der Waals surface area (Å²) in [5.74, 6) is -0.569. The third kappa shape index (κ3) is 3.78. The second-order valence-electron chi connectivity index (χ2n) is 7.35. The number of carbonyl (C=O) groups excluding carboxylic acids is 2. The number of rotatable bonds is 5. The van der Waals surface area contributed by atoms with Crippen LogP contribution in [0, 0.1) is 13.8 Å². The molecule has 0 saturated heterocycles. The van der Waals surface area contributed by atoms with Gasteiger partial charge in [0.1, 0.15) is 0 Å². The van der Waals surface area contributed by atoms with Crippen LogP contribution in [-0.2, 0) is 17.6 Å². The van der Waals surface area contributed by atoms with E-state index < -0.39 is 0 Å². The molecule has 0 spiro atoms. The molecule has 4 rings (SSSR count). The second kappa shape index (κ2) is 7.91. The van der Waals surface area contributed by atoms with Crippen molar-refractivity contribution in [1.82, 2.24) is 15.1 Å². The van der Waals surface area contributed by atoms with Gasteiger partial charge in [-0.15, -0.1) is 0 Å². The summed E-state index contributed by atoms with van der Waals surface area (Å²) in [4.78, 5) is 25.1. The lowest BCUT2D eigenvalue weighted by Crippen LogP contribution is -2.33. The van der Waals surface area contributed by atoms with Gasteiger partial charge in [-0.05, 0) is 62.4 Å². The Morgan fingerprint density at radius 3 is 2.62 bits per heavy atom. The van der Waals surface area contributed by atoms with Crippen LogP contribution in [-0.4, -0.2) is 28.1 Å². The molecule has 1 aliphatic rings. The molecule has 1 aromatic heterocycles. The molecule has 148 valence electrons. The summed E-state index contributed by atoms with van der Waals surface area (Å²) >= 11 is 0. The third-order valence-corrected chi connectivity index (χ3v) is 5.43. The average Bonchev–Trinajstić information content (AvgIpc) is 3.33. The number of hydrogen-bond donors (Lipinski definition) is 2. The van der Waals surface area contributed by atoms with Gasteiger partial charge in [0.15, 0.2) is 5.69 Å². The minimum atomic E-state index is -0.311. The van der Waals surface area contributed by atoms with Crippen LogP contribution in [0.25, 0.3) is 5.69 Å². The zero-order valence-corrected chi connectivity index (χ0v) is 16.7. The largest absolute Gasteiger partial charge is 0.342 e. The van der Waals surface area contributed by atoms with Crippen molar-refractivity contribution in [3.05, 3.63) is 76.6 Å². The molecule has 1 heterocycles. The lowest BCUT2D eigenvalue weighted by Gasteiger charge is -2.10. The minimum Gasteiger partial charge on any atom is -0.342 e. The highest BCUT2D eigenvalue weighted by Gasteiger charge is 2.27. The maximum atomic E-state index is 12.8. The average molecular weight is 388 g/mol. The van der Waals surface area contributed by atoms with Crippen molar-refractivity contribution in [3.8, 4) is 5.69 Å². The van der Waals surface area contributed by atoms with E-state index in [1.807, 2.05) is 67.1 Å². The molecule has 0 bridgehead atoms. The van der Waals surface area contributed by atoms with Gasteiger partial charge in [-0.3, -0.25) is 9.59 Å². The van der Waals surface area contributed by atoms with E-state index in [4.69, 9.17) is 0 Å². The fourth-order valence-electron chi connectivity index (χ4n) is 3.73. The monoisotopic (exact) mass is 388 g/mol. The standard InChI is InChI=1S/C23H24N4O2/c1-15-8-6-12-19(16(15)2)25-21(28)14-24-23(29)22-18-11-7-13-20(18)27(26-22)17-9-4-3-5-10-17/h3-6,8-10,12H,7,11,13-14H2,1-2H3,(H,24,29)(H,25,28). The first kappa shape index (κ1) is 18.9. The summed E-state index contributed by atoms with van der Waals surface area (Å²) in [5.41, 5.74) is 6.32. The van der Waals surface area contributed by atoms with Gasteiger partial charge < -0.3 is 10.6 Å². The Kier molecular flexibility index (Phi) is 5.16. The predicted molar refractivity (Wildman–Crippen MR) is 112 cm³/mol. The summed E-state index contributed by atoms with van der Waals surface area (Å²) in [5, 5.41) is 10.1. The molecule has 1 aliphatic carbocycles. The molecule has 3 aromatic rings. The molecule has 0 aliphatic heterocycles. The van der Waals surface area contributed by atoms with Gasteiger partial charge in [0.2, 0.25) is 5.91 Å². The van der Waals surface area contributed by atoms with Gasteiger partial charge in [-0.1, -0.05) is 30.3 Å². The van der Waals surface area contributed by atoms with Gasteiger partial charge in [-0.2, -0.15) is 5.10 Å². The van der Waals surface area contributed by atoms with Gasteiger partial charge >= 0.3 is 0 Å². The number of aryl methyl sites for hydroxylation is 1. The fraction of sp³-hybridized carbons (Fsp3) is 0.261. The number of nitrogens with zero attached hydrogens (tertiary/aromatic N) is 2. The Labute approximate surface area is 169 Å². The SMILES string of the molecule is Cc1cccc(NC(=O)CNC(=O)c2nn(-c3ccccc3)c3c2CCC3)c1C. The van der Waals surface area contributed by atoms with Crippen molar-refractivity contribution in [3.63, 3.8) is 0 Å². The summed E-state index contributed by atoms with van der Waals surface area (Å²) in [6.07, 6.45) is 2.74. The number of aromatic nitrogens is 2. The van der Waals surface area contributed by atoms with Crippen molar-refractivity contribution in [2.45, 2.75) is 33.1 Å². The van der Waals surface area contributed by atoms with E-state index in [9.17, 15) is 9.59 Å². The molecule has 2 N–H and O–H groups in total. The van der Waals surface area contributed by atoms with Crippen LogP contribution in [0.3, 0.4) is 0 Å². The van der Waals surface area contributed by atoms with Crippen LogP contribution in [0.4, 0.5) is 5.69 Å². The number of carbonyl (C=O) groups is 2. The molecular formula is C23H24N4O2. The number of fused-ring (bicyclic) bond motifs is 1. The number of anilines is 1. The summed E-state index contributed by atoms with van der Waals surface area (Å²) < 4.78 is 1.85. The Morgan fingerprint density at radius 2 is 1.83 bits per heavy atom. The molecule has 2 amide bonds. The Balaban J connectivity index is 1.47. The first-order valence-corrected chi connectivity index (χ1v) is 9.85. The van der Waals surface area contributed by atoms with E-state index >= 15 is 0 Å². The first-order chi connectivity index (χ1) is 14.0. The van der Waals surface area contributed by atoms with Crippen LogP contribution < -0.4 is 10.6 Å². The van der Waals surface area contributed by atoms with Crippen LogP contribution >= 0.6 is 0 Å². The smallest absolute Gasteiger partial charge is 0.272 e. The van der Waals surface area contributed by atoms with Crippen molar-refractivity contribution in [2.75, 3.05) is 11.9 Å². The summed E-state index contributed by atoms with van der Waals surface area (Å²) in [7, 11) is 0. The molecule has 6 heteroatoms. The zero-order chi connectivity index (χ0) is 20.4. The number of nitrogens with one attached hydrogen (secondary N) is 2. The molecular weight excluding hydrogens is 364 g/mol. The maximum Gasteiger partial charge on any atom is 0.272 e. The minimum absolute atomic E-state index is 0.0980. The van der Waals surface area contributed by atoms with Gasteiger partial charge in [0.25, 0.3) is 5.91 Å². The topological polar surface area (TPSA) is 76.0 Å². The van der Waals surface area contributed by atoms with E-state index in [-0.39, 0.29) is 18.4 Å². The van der Waals surface area contributed by atoms with Crippen LogP contribution in [0.1, 0.15) is 39.3 Å². The van der Waals surface area contributed by atoms with Gasteiger partial charge in [0, 0.05) is 16.9 Å². The second-order valence-corrected chi connectivity index (χ2v) is 7.35. The van der Waals surface area contributed by atoms with Crippen LogP contribution in [0.15, 0.2) is 48.5 Å². The lowest BCUT2D eigenvalue weighted by atomic mass is 10.1. The summed E-state index contributed by atoms with van der Waals surface area (Å²) in [6.45, 7) is 3.86. The fourth-order valence-corrected chi connectivity index (χ4v) is 3.73. The molecule has 0 radical (unpaired) electrons. The Hall–Kier alpha value is -3.41. The van der Waals surface area contributed by atoms with E-state index in [2.05, 4.69) is 15.7 Å². The molecule has 0 fully saturated rings. The lowest BCUT2D eigenvalue weighted by molar-refractivity contribution is -0.115. The molecule has 6 nitrogen and oxygen atoms in total. The highest BCUT2D eigenvalue weighted by Crippen LogP contribution is 2.27.